The summed E-state index contributed by atoms with van der Waals surface area (Å²) in [6.07, 6.45) is 1.61. The molecule has 1 saturated heterocycles. The van der Waals surface area contributed by atoms with E-state index in [1.807, 2.05) is 5.32 Å². The van der Waals surface area contributed by atoms with E-state index in [0.717, 1.165) is 6.20 Å². The molecule has 0 unspecified atom stereocenters. The fraction of sp³-hybridized carbons (Fsp3) is 0.583. The third-order valence-electron chi connectivity index (χ3n) is 6.71. The molecule has 2 rings (SSSR count). The van der Waals surface area contributed by atoms with Crippen LogP contribution in [0.15, 0.2) is 16.9 Å². The van der Waals surface area contributed by atoms with Crippen LogP contribution in [0.25, 0.3) is 0 Å². The van der Waals surface area contributed by atoms with Crippen LogP contribution in [0.3, 0.4) is 0 Å². The summed E-state index contributed by atoms with van der Waals surface area (Å²) in [6.45, 7) is -1.51. The molecule has 19 N–H and O–H groups in total. The van der Waals surface area contributed by atoms with E-state index in [-0.39, 0.29) is 31.9 Å². The molecule has 0 radical (unpaired) electrons. The maximum atomic E-state index is 13.4. The zero-order valence-corrected chi connectivity index (χ0v) is 24.8. The van der Waals surface area contributed by atoms with Crippen LogP contribution >= 0.6 is 0 Å². The minimum absolute atomic E-state index is 0.0144. The Kier molecular flexibility index (Phi) is 14.6. The molecule has 0 saturated carbocycles. The van der Waals surface area contributed by atoms with Crippen molar-refractivity contribution < 1.29 is 38.7 Å². The van der Waals surface area contributed by atoms with Crippen molar-refractivity contribution in [3.63, 3.8) is 0 Å². The van der Waals surface area contributed by atoms with Crippen molar-refractivity contribution in [2.45, 2.75) is 55.5 Å². The van der Waals surface area contributed by atoms with E-state index in [4.69, 9.17) is 28.7 Å². The second-order valence-corrected chi connectivity index (χ2v) is 10.3. The van der Waals surface area contributed by atoms with Gasteiger partial charge in [0.2, 0.25) is 29.5 Å². The van der Waals surface area contributed by atoms with Gasteiger partial charge in [0.05, 0.1) is 18.7 Å². The fourth-order valence-corrected chi connectivity index (χ4v) is 4.14. The number of aliphatic hydroxyl groups excluding tert-OH is 1. The molecular weight excluding hydrogens is 612 g/mol. The summed E-state index contributed by atoms with van der Waals surface area (Å²) in [6, 6.07) is -9.04. The summed E-state index contributed by atoms with van der Waals surface area (Å²) in [5, 5.41) is 28.6. The lowest BCUT2D eigenvalue weighted by Crippen LogP contribution is -2.64. The maximum Gasteiger partial charge on any atom is 0.316 e. The van der Waals surface area contributed by atoms with E-state index in [1.54, 1.807) is 0 Å². The Labute approximate surface area is 262 Å². The zero-order valence-electron chi connectivity index (χ0n) is 24.8. The highest BCUT2D eigenvalue weighted by Gasteiger charge is 2.35. The Hall–Kier alpha value is -5.06. The number of aliphatic imine (C=N–C) groups is 1. The molecule has 0 aromatic heterocycles. The van der Waals surface area contributed by atoms with Gasteiger partial charge in [0.15, 0.2) is 5.96 Å². The summed E-state index contributed by atoms with van der Waals surface area (Å²) in [7, 11) is 0. The van der Waals surface area contributed by atoms with Crippen molar-refractivity contribution in [3.8, 4) is 0 Å². The molecule has 0 bridgehead atoms. The molecule has 0 aromatic rings. The average molecular weight is 655 g/mol. The maximum absolute atomic E-state index is 13.4. The molecule has 22 heteroatoms. The minimum Gasteiger partial charge on any atom is -0.394 e. The van der Waals surface area contributed by atoms with Crippen LogP contribution in [0, 0.1) is 0 Å². The molecule has 0 aliphatic carbocycles. The summed E-state index contributed by atoms with van der Waals surface area (Å²) < 4.78 is 0. The van der Waals surface area contributed by atoms with Crippen LogP contribution in [0.4, 0.5) is 4.79 Å². The SMILES string of the molecule is NCCC[C@H](N)C(=O)NC[C@@H]1NC(=O)[C@H](CO)NC(=O)[C@@H](N)CNC(=O)[C@H]([C@@H]2CCN=C(N)N2)NC(=O)/C(=C\NC(N)=O)NC1=O. The van der Waals surface area contributed by atoms with Crippen LogP contribution in [0.1, 0.15) is 19.3 Å². The zero-order chi connectivity index (χ0) is 34.4. The quantitative estimate of drug-likeness (QED) is 0.103. The molecule has 22 nitrogen and oxygen atoms in total. The molecule has 256 valence electrons. The lowest BCUT2D eigenvalue weighted by atomic mass is 10.0. The predicted octanol–water partition coefficient (Wildman–Crippen LogP) is -8.62. The Bertz CT molecular complexity index is 1230. The Morgan fingerprint density at radius 2 is 1.72 bits per heavy atom. The molecule has 2 heterocycles. The number of aliphatic hydroxyl groups is 1. The van der Waals surface area contributed by atoms with Gasteiger partial charge in [-0.3, -0.25) is 33.8 Å². The summed E-state index contributed by atoms with van der Waals surface area (Å²) >= 11 is 0. The largest absolute Gasteiger partial charge is 0.394 e. The molecule has 6 atom stereocenters. The number of nitrogens with two attached hydrogens (primary N) is 5. The molecule has 0 aromatic carbocycles. The standard InChI is InChI=1S/C24H42N14O8/c25-4-1-2-10(26)17(40)32-7-13-19(42)34-14(8-33-24(29)46)20(43)38-16(12-3-5-30-23(28)37-12)22(45)31-6-11(27)18(41)36-15(9-39)21(44)35-13/h8,10-13,15-16,39H,1-7,9,25-27H2,(H,31,45)(H,32,40)(H,34,42)(H,35,44)(H,36,41)(H,38,43)(H3,28,30,37)(H3,29,33,46)/b14-8+/t10-,11-,12-,13-,15-,16-/m0/s1. The first-order valence-corrected chi connectivity index (χ1v) is 14.2. The van der Waals surface area contributed by atoms with Gasteiger partial charge in [-0.05, 0) is 25.8 Å². The van der Waals surface area contributed by atoms with Crippen LogP contribution in [0.5, 0.6) is 0 Å². The number of nitrogens with zero attached hydrogens (tertiary/aromatic N) is 1. The van der Waals surface area contributed by atoms with Gasteiger partial charge >= 0.3 is 6.03 Å². The number of amides is 8. The second kappa shape index (κ2) is 18.0. The lowest BCUT2D eigenvalue weighted by molar-refractivity contribution is -0.134. The van der Waals surface area contributed by atoms with Crippen molar-refractivity contribution in [2.24, 2.45) is 33.7 Å². The number of urea groups is 1. The van der Waals surface area contributed by atoms with Crippen molar-refractivity contribution >= 4 is 47.4 Å². The number of hydrogen-bond donors (Lipinski definition) is 14. The molecule has 1 fully saturated rings. The van der Waals surface area contributed by atoms with Crippen molar-refractivity contribution in [1.29, 1.82) is 0 Å². The van der Waals surface area contributed by atoms with Crippen molar-refractivity contribution in [1.82, 2.24) is 42.5 Å². The number of nitrogens with one attached hydrogen (secondary N) is 8. The summed E-state index contributed by atoms with van der Waals surface area (Å²) in [4.78, 5) is 93.7. The van der Waals surface area contributed by atoms with Gasteiger partial charge in [0.25, 0.3) is 5.91 Å². The topological polar surface area (TPSA) is 378 Å². The Balaban J connectivity index is 2.49. The second-order valence-electron chi connectivity index (χ2n) is 10.3. The third kappa shape index (κ3) is 11.5. The molecule has 2 aliphatic heterocycles. The first-order chi connectivity index (χ1) is 21.8. The number of rotatable bonds is 9. The van der Waals surface area contributed by atoms with Gasteiger partial charge in [-0.15, -0.1) is 0 Å². The third-order valence-corrected chi connectivity index (χ3v) is 6.71. The van der Waals surface area contributed by atoms with Crippen LogP contribution in [-0.4, -0.2) is 122 Å². The van der Waals surface area contributed by atoms with E-state index >= 15 is 0 Å². The number of primary amides is 1. The van der Waals surface area contributed by atoms with E-state index in [9.17, 15) is 38.7 Å². The number of carbonyl (C=O) groups is 7. The van der Waals surface area contributed by atoms with Gasteiger partial charge < -0.3 is 76.3 Å². The van der Waals surface area contributed by atoms with Gasteiger partial charge in [0.1, 0.15) is 29.9 Å². The molecule has 0 spiro atoms. The highest BCUT2D eigenvalue weighted by Crippen LogP contribution is 2.07. The van der Waals surface area contributed by atoms with E-state index in [1.165, 1.54) is 0 Å². The first kappa shape index (κ1) is 37.1. The van der Waals surface area contributed by atoms with E-state index in [0.29, 0.717) is 6.42 Å². The molecule has 46 heavy (non-hydrogen) atoms. The van der Waals surface area contributed by atoms with Gasteiger partial charge in [-0.25, -0.2) is 4.79 Å². The highest BCUT2D eigenvalue weighted by molar-refractivity contribution is 6.02. The van der Waals surface area contributed by atoms with E-state index < -0.39 is 103 Å². The molecule has 8 amide bonds. The predicted molar refractivity (Wildman–Crippen MR) is 160 cm³/mol. The van der Waals surface area contributed by atoms with Crippen LogP contribution < -0.4 is 71.2 Å². The lowest BCUT2D eigenvalue weighted by Gasteiger charge is -2.31. The number of guanidine groups is 1. The van der Waals surface area contributed by atoms with Gasteiger partial charge in [-0.1, -0.05) is 0 Å². The Morgan fingerprint density at radius 1 is 1.02 bits per heavy atom. The molecule has 2 aliphatic rings. The monoisotopic (exact) mass is 654 g/mol. The van der Waals surface area contributed by atoms with Crippen LogP contribution in [0.2, 0.25) is 0 Å². The molecular formula is C24H42N14O8. The normalized spacial score (nSPS) is 26.6. The number of carbonyl (C=O) groups excluding carboxylic acids is 7. The van der Waals surface area contributed by atoms with Crippen molar-refractivity contribution in [3.05, 3.63) is 11.9 Å². The highest BCUT2D eigenvalue weighted by atomic mass is 16.3. The van der Waals surface area contributed by atoms with Gasteiger partial charge in [0, 0.05) is 25.8 Å². The Morgan fingerprint density at radius 3 is 2.35 bits per heavy atom. The first-order valence-electron chi connectivity index (χ1n) is 14.2. The van der Waals surface area contributed by atoms with E-state index in [2.05, 4.69) is 42.2 Å². The summed E-state index contributed by atoms with van der Waals surface area (Å²) in [5.74, 6) is -5.78. The summed E-state index contributed by atoms with van der Waals surface area (Å²) in [5.41, 5.74) is 27.4. The smallest absolute Gasteiger partial charge is 0.316 e. The average Bonchev–Trinajstić information content (AvgIpc) is 3.02. The minimum atomic E-state index is -1.65. The van der Waals surface area contributed by atoms with Crippen molar-refractivity contribution in [2.75, 3.05) is 32.8 Å². The van der Waals surface area contributed by atoms with Crippen LogP contribution in [-0.2, 0) is 28.8 Å². The fourth-order valence-electron chi connectivity index (χ4n) is 4.14. The van der Waals surface area contributed by atoms with Gasteiger partial charge in [-0.2, -0.15) is 0 Å². The number of hydrogen-bond acceptors (Lipinski definition) is 14.